The van der Waals surface area contributed by atoms with Gasteiger partial charge in [-0.2, -0.15) is 0 Å². The van der Waals surface area contributed by atoms with E-state index in [4.69, 9.17) is 23.2 Å². The molecule has 0 heterocycles. The Hall–Kier alpha value is -0.720. The maximum Gasteiger partial charge on any atom is 0.000580 e. The van der Waals surface area contributed by atoms with Gasteiger partial charge in [0, 0.05) is 11.1 Å². The monoisotopic (exact) mass is 282 g/mol. The Morgan fingerprint density at radius 2 is 0.944 bits per heavy atom. The van der Waals surface area contributed by atoms with E-state index in [0.717, 1.165) is 12.8 Å². The summed E-state index contributed by atoms with van der Waals surface area (Å²) in [5.74, 6) is 0. The van der Waals surface area contributed by atoms with Crippen LogP contribution in [-0.4, -0.2) is 0 Å². The standard InChI is InChI=1S/C16H20Cl2/c1-11-12(2)16(8-6-10-18)14(4)13(3)15(11)7-5-9-17/h5-6,9-10H,7-8H2,1-4H3. The maximum atomic E-state index is 5.63. The quantitative estimate of drug-likeness (QED) is 0.683. The van der Waals surface area contributed by atoms with E-state index in [0.29, 0.717) is 0 Å². The summed E-state index contributed by atoms with van der Waals surface area (Å²) in [4.78, 5) is 0. The molecule has 0 amide bonds. The van der Waals surface area contributed by atoms with Crippen LogP contribution >= 0.6 is 23.2 Å². The summed E-state index contributed by atoms with van der Waals surface area (Å²) in [6.45, 7) is 8.75. The van der Waals surface area contributed by atoms with Crippen molar-refractivity contribution in [1.82, 2.24) is 0 Å². The molecule has 0 aromatic heterocycles. The van der Waals surface area contributed by atoms with E-state index in [2.05, 4.69) is 27.7 Å². The Morgan fingerprint density at radius 3 is 1.17 bits per heavy atom. The number of benzene rings is 1. The average molecular weight is 283 g/mol. The lowest BCUT2D eigenvalue weighted by atomic mass is 9.86. The van der Waals surface area contributed by atoms with Crippen molar-refractivity contribution < 1.29 is 0 Å². The van der Waals surface area contributed by atoms with Gasteiger partial charge in [0.05, 0.1) is 0 Å². The van der Waals surface area contributed by atoms with Crippen molar-refractivity contribution in [2.24, 2.45) is 0 Å². The largest absolute Gasteiger partial charge is 0.0933 e. The summed E-state index contributed by atoms with van der Waals surface area (Å²) in [6, 6.07) is 0. The molecule has 2 heteroatoms. The fraction of sp³-hybridized carbons (Fsp3) is 0.375. The van der Waals surface area contributed by atoms with Crippen molar-refractivity contribution in [2.45, 2.75) is 40.5 Å². The summed E-state index contributed by atoms with van der Waals surface area (Å²) < 4.78 is 0. The van der Waals surface area contributed by atoms with E-state index >= 15 is 0 Å². The van der Waals surface area contributed by atoms with Gasteiger partial charge in [0.15, 0.2) is 0 Å². The van der Waals surface area contributed by atoms with Crippen LogP contribution in [0.3, 0.4) is 0 Å². The molecule has 0 aliphatic rings. The van der Waals surface area contributed by atoms with E-state index in [-0.39, 0.29) is 0 Å². The molecule has 0 radical (unpaired) electrons. The second-order valence-electron chi connectivity index (χ2n) is 4.59. The maximum absolute atomic E-state index is 5.63. The van der Waals surface area contributed by atoms with Gasteiger partial charge >= 0.3 is 0 Å². The second-order valence-corrected chi connectivity index (χ2v) is 5.09. The fourth-order valence-electron chi connectivity index (χ4n) is 2.40. The lowest BCUT2D eigenvalue weighted by molar-refractivity contribution is 1.06. The molecule has 0 aliphatic carbocycles. The average Bonchev–Trinajstić information content (AvgIpc) is 2.37. The molecule has 0 nitrogen and oxygen atoms in total. The van der Waals surface area contributed by atoms with Crippen molar-refractivity contribution in [3.8, 4) is 0 Å². The fourth-order valence-corrected chi connectivity index (χ4v) is 2.58. The molecular formula is C16H20Cl2. The van der Waals surface area contributed by atoms with Gasteiger partial charge in [0.1, 0.15) is 0 Å². The van der Waals surface area contributed by atoms with Crippen LogP contribution < -0.4 is 0 Å². The van der Waals surface area contributed by atoms with Crippen LogP contribution in [0, 0.1) is 27.7 Å². The van der Waals surface area contributed by atoms with Crippen LogP contribution in [0.15, 0.2) is 23.2 Å². The molecule has 98 valence electrons. The number of hydrogen-bond donors (Lipinski definition) is 0. The predicted molar refractivity (Wildman–Crippen MR) is 82.8 cm³/mol. The summed E-state index contributed by atoms with van der Waals surface area (Å²) >= 11 is 11.3. The third-order valence-electron chi connectivity index (χ3n) is 3.76. The van der Waals surface area contributed by atoms with Gasteiger partial charge in [-0.1, -0.05) is 35.4 Å². The smallest absolute Gasteiger partial charge is 0.000580 e. The van der Waals surface area contributed by atoms with Gasteiger partial charge in [0.25, 0.3) is 0 Å². The van der Waals surface area contributed by atoms with Crippen LogP contribution in [0.4, 0.5) is 0 Å². The zero-order valence-electron chi connectivity index (χ0n) is 11.5. The van der Waals surface area contributed by atoms with Crippen molar-refractivity contribution in [3.05, 3.63) is 56.6 Å². The molecule has 0 saturated heterocycles. The Kier molecular flexibility index (Phi) is 5.98. The second kappa shape index (κ2) is 7.01. The predicted octanol–water partition coefficient (Wildman–Crippen LogP) is 5.51. The van der Waals surface area contributed by atoms with Gasteiger partial charge in [-0.15, -0.1) is 0 Å². The lowest BCUT2D eigenvalue weighted by Gasteiger charge is -2.19. The van der Waals surface area contributed by atoms with E-state index in [1.807, 2.05) is 12.2 Å². The Morgan fingerprint density at radius 1 is 0.667 bits per heavy atom. The molecular weight excluding hydrogens is 263 g/mol. The third-order valence-corrected chi connectivity index (χ3v) is 4.11. The molecule has 0 spiro atoms. The van der Waals surface area contributed by atoms with Crippen LogP contribution in [0.5, 0.6) is 0 Å². The highest BCUT2D eigenvalue weighted by molar-refractivity contribution is 6.25. The summed E-state index contributed by atoms with van der Waals surface area (Å²) in [7, 11) is 0. The molecule has 0 unspecified atom stereocenters. The van der Waals surface area contributed by atoms with Crippen LogP contribution in [0.2, 0.25) is 0 Å². The van der Waals surface area contributed by atoms with Crippen LogP contribution in [-0.2, 0) is 12.8 Å². The first-order chi connectivity index (χ1) is 8.54. The van der Waals surface area contributed by atoms with E-state index in [1.165, 1.54) is 33.4 Å². The molecule has 1 aromatic carbocycles. The van der Waals surface area contributed by atoms with Gasteiger partial charge < -0.3 is 0 Å². The summed E-state index contributed by atoms with van der Waals surface area (Å²) in [5, 5.41) is 0. The number of hydrogen-bond acceptors (Lipinski definition) is 0. The molecule has 0 N–H and O–H groups in total. The molecule has 0 bridgehead atoms. The number of allylic oxidation sites excluding steroid dienone is 2. The van der Waals surface area contributed by atoms with Crippen molar-refractivity contribution in [3.63, 3.8) is 0 Å². The zero-order chi connectivity index (χ0) is 13.7. The molecule has 0 aliphatic heterocycles. The molecule has 0 saturated carbocycles. The molecule has 1 aromatic rings. The SMILES string of the molecule is Cc1c(C)c(CC=CCl)c(C)c(C)c1CC=CCl. The number of rotatable bonds is 4. The molecule has 1 rings (SSSR count). The highest BCUT2D eigenvalue weighted by atomic mass is 35.5. The van der Waals surface area contributed by atoms with Gasteiger partial charge in [-0.3, -0.25) is 0 Å². The van der Waals surface area contributed by atoms with Crippen LogP contribution in [0.25, 0.3) is 0 Å². The van der Waals surface area contributed by atoms with Gasteiger partial charge in [-0.05, 0) is 73.9 Å². The van der Waals surface area contributed by atoms with E-state index in [9.17, 15) is 0 Å². The van der Waals surface area contributed by atoms with E-state index < -0.39 is 0 Å². The topological polar surface area (TPSA) is 0 Å². The van der Waals surface area contributed by atoms with Crippen LogP contribution in [0.1, 0.15) is 33.4 Å². The van der Waals surface area contributed by atoms with Crippen molar-refractivity contribution >= 4 is 23.2 Å². The summed E-state index contributed by atoms with van der Waals surface area (Å²) in [5.41, 5.74) is 11.4. The minimum atomic E-state index is 0.897. The first-order valence-electron chi connectivity index (χ1n) is 6.13. The first-order valence-corrected chi connectivity index (χ1v) is 7.00. The Bertz CT molecular complexity index is 408. The van der Waals surface area contributed by atoms with Crippen molar-refractivity contribution in [1.29, 1.82) is 0 Å². The van der Waals surface area contributed by atoms with Crippen molar-refractivity contribution in [2.75, 3.05) is 0 Å². The molecule has 18 heavy (non-hydrogen) atoms. The molecule has 0 atom stereocenters. The third kappa shape index (κ3) is 3.18. The minimum Gasteiger partial charge on any atom is -0.0933 e. The van der Waals surface area contributed by atoms with E-state index in [1.54, 1.807) is 11.1 Å². The first kappa shape index (κ1) is 15.3. The van der Waals surface area contributed by atoms with Gasteiger partial charge in [-0.25, -0.2) is 0 Å². The zero-order valence-corrected chi connectivity index (χ0v) is 13.0. The number of halogens is 2. The normalized spacial score (nSPS) is 11.9. The highest BCUT2D eigenvalue weighted by Crippen LogP contribution is 2.28. The summed E-state index contributed by atoms with van der Waals surface area (Å²) in [6.07, 6.45) is 5.78. The lowest BCUT2D eigenvalue weighted by Crippen LogP contribution is -2.04. The minimum absolute atomic E-state index is 0.897. The Balaban J connectivity index is 3.35. The highest BCUT2D eigenvalue weighted by Gasteiger charge is 2.12. The Labute approximate surface area is 120 Å². The van der Waals surface area contributed by atoms with Gasteiger partial charge in [0.2, 0.25) is 0 Å². The molecule has 0 fully saturated rings.